The van der Waals surface area contributed by atoms with Gasteiger partial charge in [0.25, 0.3) is 5.91 Å². The highest BCUT2D eigenvalue weighted by Crippen LogP contribution is 2.22. The lowest BCUT2D eigenvalue weighted by molar-refractivity contribution is -0.117. The summed E-state index contributed by atoms with van der Waals surface area (Å²) >= 11 is 0. The third-order valence-electron chi connectivity index (χ3n) is 3.67. The SMILES string of the molecule is CCCCN(C)C(=O)c1cccc(N2CCCC2=O)c1. The molecule has 0 aliphatic carbocycles. The minimum atomic E-state index is 0.0203. The number of rotatable bonds is 5. The van der Waals surface area contributed by atoms with Gasteiger partial charge < -0.3 is 9.80 Å². The summed E-state index contributed by atoms with van der Waals surface area (Å²) in [5.74, 6) is 0.167. The van der Waals surface area contributed by atoms with Crippen molar-refractivity contribution in [3.8, 4) is 0 Å². The first-order valence-electron chi connectivity index (χ1n) is 7.29. The second-order valence-corrected chi connectivity index (χ2v) is 5.28. The van der Waals surface area contributed by atoms with E-state index >= 15 is 0 Å². The van der Waals surface area contributed by atoms with Gasteiger partial charge in [0.1, 0.15) is 0 Å². The quantitative estimate of drug-likeness (QED) is 0.828. The predicted molar refractivity (Wildman–Crippen MR) is 79.9 cm³/mol. The molecule has 0 spiro atoms. The van der Waals surface area contributed by atoms with E-state index in [4.69, 9.17) is 0 Å². The highest BCUT2D eigenvalue weighted by Gasteiger charge is 2.22. The van der Waals surface area contributed by atoms with Gasteiger partial charge in [-0.1, -0.05) is 19.4 Å². The average Bonchev–Trinajstić information content (AvgIpc) is 2.90. The summed E-state index contributed by atoms with van der Waals surface area (Å²) in [7, 11) is 1.83. The van der Waals surface area contributed by atoms with E-state index in [1.807, 2.05) is 31.3 Å². The van der Waals surface area contributed by atoms with Crippen LogP contribution in [0.4, 0.5) is 5.69 Å². The molecule has 1 heterocycles. The van der Waals surface area contributed by atoms with E-state index in [0.717, 1.165) is 38.0 Å². The van der Waals surface area contributed by atoms with Crippen LogP contribution in [0.3, 0.4) is 0 Å². The summed E-state index contributed by atoms with van der Waals surface area (Å²) in [5.41, 5.74) is 1.49. The lowest BCUT2D eigenvalue weighted by atomic mass is 10.1. The van der Waals surface area contributed by atoms with Crippen molar-refractivity contribution in [2.75, 3.05) is 25.0 Å². The van der Waals surface area contributed by atoms with Crippen LogP contribution in [-0.2, 0) is 4.79 Å². The number of nitrogens with zero attached hydrogens (tertiary/aromatic N) is 2. The van der Waals surface area contributed by atoms with Crippen molar-refractivity contribution in [3.63, 3.8) is 0 Å². The van der Waals surface area contributed by atoms with Crippen LogP contribution in [0, 0.1) is 0 Å². The van der Waals surface area contributed by atoms with Crippen LogP contribution in [0.25, 0.3) is 0 Å². The third kappa shape index (κ3) is 3.18. The Bertz CT molecular complexity index is 499. The first-order chi connectivity index (χ1) is 9.63. The van der Waals surface area contributed by atoms with Gasteiger partial charge in [-0.2, -0.15) is 0 Å². The summed E-state index contributed by atoms with van der Waals surface area (Å²) < 4.78 is 0. The highest BCUT2D eigenvalue weighted by molar-refractivity contribution is 5.98. The number of hydrogen-bond donors (Lipinski definition) is 0. The van der Waals surface area contributed by atoms with Crippen molar-refractivity contribution in [2.24, 2.45) is 0 Å². The molecular formula is C16H22N2O2. The molecule has 1 fully saturated rings. The minimum absolute atomic E-state index is 0.0203. The molecule has 108 valence electrons. The van der Waals surface area contributed by atoms with E-state index in [-0.39, 0.29) is 11.8 Å². The Morgan fingerprint density at radius 3 is 2.85 bits per heavy atom. The van der Waals surface area contributed by atoms with Gasteiger partial charge >= 0.3 is 0 Å². The number of amides is 2. The largest absolute Gasteiger partial charge is 0.342 e. The molecule has 4 nitrogen and oxygen atoms in total. The zero-order chi connectivity index (χ0) is 14.5. The molecule has 2 amide bonds. The zero-order valence-corrected chi connectivity index (χ0v) is 12.3. The maximum atomic E-state index is 12.3. The van der Waals surface area contributed by atoms with Crippen LogP contribution in [0.15, 0.2) is 24.3 Å². The lowest BCUT2D eigenvalue weighted by Crippen LogP contribution is -2.28. The van der Waals surface area contributed by atoms with Crippen molar-refractivity contribution >= 4 is 17.5 Å². The first kappa shape index (κ1) is 14.6. The van der Waals surface area contributed by atoms with Crippen molar-refractivity contribution in [2.45, 2.75) is 32.6 Å². The lowest BCUT2D eigenvalue weighted by Gasteiger charge is -2.19. The van der Waals surface area contributed by atoms with Gasteiger partial charge in [0.05, 0.1) is 0 Å². The summed E-state index contributed by atoms with van der Waals surface area (Å²) in [5, 5.41) is 0. The molecule has 1 aromatic carbocycles. The summed E-state index contributed by atoms with van der Waals surface area (Å²) in [6, 6.07) is 7.39. The Balaban J connectivity index is 2.13. The van der Waals surface area contributed by atoms with Gasteiger partial charge in [0.15, 0.2) is 0 Å². The number of anilines is 1. The summed E-state index contributed by atoms with van der Waals surface area (Å²) in [6.07, 6.45) is 3.58. The molecule has 0 bridgehead atoms. The predicted octanol–water partition coefficient (Wildman–Crippen LogP) is 2.69. The maximum Gasteiger partial charge on any atom is 0.253 e. The van der Waals surface area contributed by atoms with Crippen molar-refractivity contribution in [1.82, 2.24) is 4.90 Å². The molecular weight excluding hydrogens is 252 g/mol. The first-order valence-corrected chi connectivity index (χ1v) is 7.29. The van der Waals surface area contributed by atoms with Crippen LogP contribution < -0.4 is 4.90 Å². The molecule has 1 saturated heterocycles. The van der Waals surface area contributed by atoms with E-state index < -0.39 is 0 Å². The zero-order valence-electron chi connectivity index (χ0n) is 12.3. The molecule has 1 aliphatic heterocycles. The molecule has 1 aliphatic rings. The van der Waals surface area contributed by atoms with E-state index in [9.17, 15) is 9.59 Å². The highest BCUT2D eigenvalue weighted by atomic mass is 16.2. The number of carbonyl (C=O) groups excluding carboxylic acids is 2. The fraction of sp³-hybridized carbons (Fsp3) is 0.500. The molecule has 0 saturated carbocycles. The molecule has 0 radical (unpaired) electrons. The Labute approximate surface area is 120 Å². The second kappa shape index (κ2) is 6.55. The summed E-state index contributed by atoms with van der Waals surface area (Å²) in [4.78, 5) is 27.6. The number of unbranched alkanes of at least 4 members (excludes halogenated alkanes) is 1. The van der Waals surface area contributed by atoms with Crippen molar-refractivity contribution in [1.29, 1.82) is 0 Å². The van der Waals surface area contributed by atoms with Gasteiger partial charge in [-0.3, -0.25) is 9.59 Å². The average molecular weight is 274 g/mol. The number of carbonyl (C=O) groups is 2. The number of hydrogen-bond acceptors (Lipinski definition) is 2. The molecule has 0 atom stereocenters. The Kier molecular flexibility index (Phi) is 4.77. The minimum Gasteiger partial charge on any atom is -0.342 e. The van der Waals surface area contributed by atoms with Gasteiger partial charge in [0.2, 0.25) is 5.91 Å². The van der Waals surface area contributed by atoms with Crippen LogP contribution in [-0.4, -0.2) is 36.9 Å². The maximum absolute atomic E-state index is 12.3. The Hall–Kier alpha value is -1.84. The van der Waals surface area contributed by atoms with Crippen molar-refractivity contribution < 1.29 is 9.59 Å². The molecule has 4 heteroatoms. The molecule has 0 aromatic heterocycles. The molecule has 1 aromatic rings. The topological polar surface area (TPSA) is 40.6 Å². The van der Waals surface area contributed by atoms with E-state index in [1.165, 1.54) is 0 Å². The van der Waals surface area contributed by atoms with E-state index in [0.29, 0.717) is 12.0 Å². The normalized spacial score (nSPS) is 14.7. The van der Waals surface area contributed by atoms with Gasteiger partial charge in [-0.25, -0.2) is 0 Å². The second-order valence-electron chi connectivity index (χ2n) is 5.28. The van der Waals surface area contributed by atoms with Gasteiger partial charge in [0, 0.05) is 37.8 Å². The van der Waals surface area contributed by atoms with Gasteiger partial charge in [-0.15, -0.1) is 0 Å². The van der Waals surface area contributed by atoms with Crippen LogP contribution >= 0.6 is 0 Å². The molecule has 2 rings (SSSR count). The third-order valence-corrected chi connectivity index (χ3v) is 3.67. The molecule has 0 N–H and O–H groups in total. The van der Waals surface area contributed by atoms with Crippen molar-refractivity contribution in [3.05, 3.63) is 29.8 Å². The fourth-order valence-electron chi connectivity index (χ4n) is 2.45. The Morgan fingerprint density at radius 1 is 1.40 bits per heavy atom. The standard InChI is InChI=1S/C16H22N2O2/c1-3-4-10-17(2)16(20)13-7-5-8-14(12-13)18-11-6-9-15(18)19/h5,7-8,12H,3-4,6,9-11H2,1-2H3. The van der Waals surface area contributed by atoms with E-state index in [2.05, 4.69) is 6.92 Å². The van der Waals surface area contributed by atoms with Gasteiger partial charge in [-0.05, 0) is 31.0 Å². The molecule has 20 heavy (non-hydrogen) atoms. The van der Waals surface area contributed by atoms with Crippen LogP contribution in [0.2, 0.25) is 0 Å². The van der Waals surface area contributed by atoms with E-state index in [1.54, 1.807) is 9.80 Å². The smallest absolute Gasteiger partial charge is 0.253 e. The van der Waals surface area contributed by atoms with Crippen LogP contribution in [0.5, 0.6) is 0 Å². The Morgan fingerprint density at radius 2 is 2.20 bits per heavy atom. The number of benzene rings is 1. The summed E-state index contributed by atoms with van der Waals surface area (Å²) in [6.45, 7) is 3.63. The fourth-order valence-corrected chi connectivity index (χ4v) is 2.45. The molecule has 0 unspecified atom stereocenters. The van der Waals surface area contributed by atoms with Crippen LogP contribution in [0.1, 0.15) is 43.0 Å². The monoisotopic (exact) mass is 274 g/mol.